The first-order valence-corrected chi connectivity index (χ1v) is 13.8. The summed E-state index contributed by atoms with van der Waals surface area (Å²) in [5, 5.41) is 42.8. The number of nitrogens with one attached hydrogen (secondary N) is 2. The van der Waals surface area contributed by atoms with Crippen molar-refractivity contribution >= 4 is 11.9 Å². The van der Waals surface area contributed by atoms with E-state index in [-0.39, 0.29) is 24.3 Å². The van der Waals surface area contributed by atoms with Gasteiger partial charge in [-0.1, -0.05) is 30.3 Å². The van der Waals surface area contributed by atoms with Crippen molar-refractivity contribution in [2.45, 2.75) is 52.6 Å². The molecule has 1 amide bonds. The number of carboxylic acid groups (broad SMARTS) is 1. The van der Waals surface area contributed by atoms with Crippen molar-refractivity contribution in [3.63, 3.8) is 0 Å². The molecule has 0 unspecified atom stereocenters. The molecule has 0 saturated heterocycles. The van der Waals surface area contributed by atoms with Gasteiger partial charge in [-0.05, 0) is 79.9 Å². The highest BCUT2D eigenvalue weighted by Gasteiger charge is 2.10. The van der Waals surface area contributed by atoms with Crippen LogP contribution in [-0.2, 0) is 29.2 Å². The van der Waals surface area contributed by atoms with Gasteiger partial charge >= 0.3 is 0 Å². The molecule has 6 N–H and O–H groups in total. The van der Waals surface area contributed by atoms with Gasteiger partial charge in [0.2, 0.25) is 0 Å². The molecule has 0 aliphatic heterocycles. The topological polar surface area (TPSA) is 158 Å². The van der Waals surface area contributed by atoms with Gasteiger partial charge in [0.25, 0.3) is 11.9 Å². The molecule has 3 rings (SSSR count). The number of carboxylic acids is 1. The molecule has 3 aromatic rings. The average Bonchev–Trinajstić information content (AvgIpc) is 2.95. The van der Waals surface area contributed by atoms with E-state index in [1.54, 1.807) is 18.2 Å². The van der Waals surface area contributed by atoms with E-state index in [0.29, 0.717) is 49.6 Å². The van der Waals surface area contributed by atoms with Crippen LogP contribution in [-0.4, -0.2) is 64.6 Å². The maximum atomic E-state index is 12.1. The van der Waals surface area contributed by atoms with Crippen LogP contribution < -0.4 is 15.4 Å². The first kappa shape index (κ1) is 34.2. The zero-order valence-electron chi connectivity index (χ0n) is 24.4. The van der Waals surface area contributed by atoms with Crippen molar-refractivity contribution in [2.75, 3.05) is 26.3 Å². The average molecular weight is 583 g/mol. The smallest absolute Gasteiger partial charge is 0.300 e. The Bertz CT molecular complexity index is 1240. The highest BCUT2D eigenvalue weighted by molar-refractivity contribution is 5.94. The molecule has 0 saturated carbocycles. The van der Waals surface area contributed by atoms with Crippen molar-refractivity contribution in [1.82, 2.24) is 10.6 Å². The molecule has 0 fully saturated rings. The molecular formula is C32H42N2O8. The molecular weight excluding hydrogens is 540 g/mol. The molecule has 0 aromatic heterocycles. The Labute approximate surface area is 246 Å². The fraction of sp³-hybridized carbons (Fsp3) is 0.375. The lowest BCUT2D eigenvalue weighted by Crippen LogP contribution is -2.30. The minimum atomic E-state index is -0.833. The van der Waals surface area contributed by atoms with Crippen LogP contribution in [0.25, 0.3) is 0 Å². The number of aliphatic hydroxyl groups excluding tert-OH is 2. The van der Waals surface area contributed by atoms with E-state index in [1.807, 2.05) is 56.3 Å². The summed E-state index contributed by atoms with van der Waals surface area (Å²) in [6, 6.07) is 20.1. The van der Waals surface area contributed by atoms with Gasteiger partial charge in [-0.15, -0.1) is 0 Å². The Morgan fingerprint density at radius 3 is 2.33 bits per heavy atom. The highest BCUT2D eigenvalue weighted by Crippen LogP contribution is 2.22. The minimum absolute atomic E-state index is 0.0197. The van der Waals surface area contributed by atoms with Gasteiger partial charge in [-0.2, -0.15) is 0 Å². The molecule has 1 atom stereocenters. The van der Waals surface area contributed by atoms with Crippen molar-refractivity contribution in [3.05, 3.63) is 94.5 Å². The second-order valence-corrected chi connectivity index (χ2v) is 9.91. The molecule has 0 radical (unpaired) electrons. The number of carbonyl (C=O) groups excluding carboxylic acids is 1. The van der Waals surface area contributed by atoms with E-state index in [1.165, 1.54) is 6.07 Å². The number of carbonyl (C=O) groups is 2. The molecule has 0 bridgehead atoms. The maximum Gasteiger partial charge on any atom is 0.300 e. The first-order valence-electron chi connectivity index (χ1n) is 13.8. The number of aliphatic hydroxyl groups is 2. The van der Waals surface area contributed by atoms with Gasteiger partial charge < -0.3 is 40.5 Å². The summed E-state index contributed by atoms with van der Waals surface area (Å²) < 4.78 is 11.5. The van der Waals surface area contributed by atoms with E-state index in [9.17, 15) is 20.1 Å². The summed E-state index contributed by atoms with van der Waals surface area (Å²) in [5.74, 6) is -0.139. The van der Waals surface area contributed by atoms with Crippen LogP contribution in [0.2, 0.25) is 0 Å². The molecule has 10 nitrogen and oxygen atoms in total. The second-order valence-electron chi connectivity index (χ2n) is 9.91. The Kier molecular flexibility index (Phi) is 15.1. The molecule has 0 spiro atoms. The number of aromatic hydroxyl groups is 1. The van der Waals surface area contributed by atoms with Gasteiger partial charge in [0, 0.05) is 30.6 Å². The van der Waals surface area contributed by atoms with Crippen LogP contribution in [0.1, 0.15) is 59.5 Å². The maximum absolute atomic E-state index is 12.1. The standard InChI is InChI=1S/C30H38N2O6.C2H4O2/c1-21(2)32-30(36)25-5-3-4-23(16-25)20-37-14-15-38-27-9-6-22(7-10-27)12-13-31-18-29(35)24-8-11-28(34)26(17-24)19-33;1-2(3)4/h3-11,16-17,21,29,31,33-35H,12-15,18-20H2,1-2H3,(H,32,36);1H3,(H,3,4)/t29-;/m0./s1. The monoisotopic (exact) mass is 582 g/mol. The second kappa shape index (κ2) is 18.5. The molecule has 0 aliphatic carbocycles. The number of hydrogen-bond acceptors (Lipinski definition) is 8. The normalized spacial score (nSPS) is 11.4. The first-order chi connectivity index (χ1) is 20.1. The molecule has 228 valence electrons. The van der Waals surface area contributed by atoms with Gasteiger partial charge in [-0.3, -0.25) is 9.59 Å². The number of benzene rings is 3. The van der Waals surface area contributed by atoms with Crippen LogP contribution in [0.5, 0.6) is 11.5 Å². The number of amides is 1. The predicted octanol–water partition coefficient (Wildman–Crippen LogP) is 3.57. The van der Waals surface area contributed by atoms with Crippen LogP contribution in [0.15, 0.2) is 66.7 Å². The van der Waals surface area contributed by atoms with Gasteiger partial charge in [0.15, 0.2) is 0 Å². The van der Waals surface area contributed by atoms with Crippen LogP contribution in [0.3, 0.4) is 0 Å². The van der Waals surface area contributed by atoms with Crippen LogP contribution in [0, 0.1) is 0 Å². The SMILES string of the molecule is CC(=O)O.CC(C)NC(=O)c1cccc(COCCOc2ccc(CCNC[C@H](O)c3ccc(O)c(CO)c3)cc2)c1. The lowest BCUT2D eigenvalue weighted by atomic mass is 10.1. The largest absolute Gasteiger partial charge is 0.508 e. The van der Waals surface area contributed by atoms with Crippen molar-refractivity contribution in [3.8, 4) is 11.5 Å². The van der Waals surface area contributed by atoms with E-state index in [4.69, 9.17) is 19.4 Å². The van der Waals surface area contributed by atoms with Crippen molar-refractivity contribution in [1.29, 1.82) is 0 Å². The Morgan fingerprint density at radius 2 is 1.67 bits per heavy atom. The van der Waals surface area contributed by atoms with E-state index >= 15 is 0 Å². The lowest BCUT2D eigenvalue weighted by molar-refractivity contribution is -0.134. The van der Waals surface area contributed by atoms with Gasteiger partial charge in [0.1, 0.15) is 18.1 Å². The molecule has 3 aromatic carbocycles. The van der Waals surface area contributed by atoms with Crippen molar-refractivity contribution in [2.24, 2.45) is 0 Å². The third-order valence-corrected chi connectivity index (χ3v) is 5.88. The predicted molar refractivity (Wildman–Crippen MR) is 160 cm³/mol. The number of phenols is 1. The Hall–Kier alpha value is -3.96. The summed E-state index contributed by atoms with van der Waals surface area (Å²) >= 11 is 0. The quantitative estimate of drug-likeness (QED) is 0.147. The summed E-state index contributed by atoms with van der Waals surface area (Å²) in [4.78, 5) is 21.1. The molecule has 42 heavy (non-hydrogen) atoms. The number of aliphatic carboxylic acids is 1. The summed E-state index contributed by atoms with van der Waals surface area (Å²) in [6.07, 6.45) is 0.0641. The van der Waals surface area contributed by atoms with E-state index < -0.39 is 12.1 Å². The van der Waals surface area contributed by atoms with Crippen molar-refractivity contribution < 1.29 is 39.5 Å². The third kappa shape index (κ3) is 13.1. The fourth-order valence-electron chi connectivity index (χ4n) is 3.84. The number of hydrogen-bond donors (Lipinski definition) is 6. The van der Waals surface area contributed by atoms with Gasteiger partial charge in [0.05, 0.1) is 25.9 Å². The summed E-state index contributed by atoms with van der Waals surface area (Å²) in [5.41, 5.74) is 3.74. The Balaban J connectivity index is 0.00000144. The molecule has 0 aliphatic rings. The number of ether oxygens (including phenoxy) is 2. The highest BCUT2D eigenvalue weighted by atomic mass is 16.5. The summed E-state index contributed by atoms with van der Waals surface area (Å²) in [7, 11) is 0. The van der Waals surface area contributed by atoms with Crippen LogP contribution in [0.4, 0.5) is 0 Å². The molecule has 10 heteroatoms. The van der Waals surface area contributed by atoms with E-state index in [0.717, 1.165) is 30.2 Å². The van der Waals surface area contributed by atoms with Crippen LogP contribution >= 0.6 is 0 Å². The van der Waals surface area contributed by atoms with E-state index in [2.05, 4.69) is 10.6 Å². The fourth-order valence-corrected chi connectivity index (χ4v) is 3.84. The lowest BCUT2D eigenvalue weighted by Gasteiger charge is -2.14. The zero-order valence-corrected chi connectivity index (χ0v) is 24.4. The minimum Gasteiger partial charge on any atom is -0.508 e. The zero-order chi connectivity index (χ0) is 30.9. The Morgan fingerprint density at radius 1 is 0.952 bits per heavy atom. The molecule has 0 heterocycles. The third-order valence-electron chi connectivity index (χ3n) is 5.88. The summed E-state index contributed by atoms with van der Waals surface area (Å²) in [6.45, 7) is 6.98. The van der Waals surface area contributed by atoms with Gasteiger partial charge in [-0.25, -0.2) is 0 Å². The number of rotatable bonds is 15.